The maximum absolute atomic E-state index is 5.95. The van der Waals surface area contributed by atoms with Crippen molar-refractivity contribution in [2.24, 2.45) is 5.73 Å². The summed E-state index contributed by atoms with van der Waals surface area (Å²) in [5.41, 5.74) is 5.69. The average Bonchev–Trinajstić information content (AvgIpc) is 2.36. The summed E-state index contributed by atoms with van der Waals surface area (Å²) in [4.78, 5) is 10.7. The summed E-state index contributed by atoms with van der Waals surface area (Å²) in [6.45, 7) is 7.88. The number of nitrogens with one attached hydrogen (secondary N) is 1. The van der Waals surface area contributed by atoms with E-state index in [2.05, 4.69) is 34.2 Å². The van der Waals surface area contributed by atoms with Gasteiger partial charge in [-0.25, -0.2) is 9.97 Å². The lowest BCUT2D eigenvalue weighted by atomic mass is 10.1. The Morgan fingerprint density at radius 2 is 2.05 bits per heavy atom. The van der Waals surface area contributed by atoms with Crippen molar-refractivity contribution in [1.82, 2.24) is 9.97 Å². The molecule has 19 heavy (non-hydrogen) atoms. The largest absolute Gasteiger partial charge is 0.368 e. The fraction of sp³-hybridized carbons (Fsp3) is 0.714. The van der Waals surface area contributed by atoms with Gasteiger partial charge in [0.1, 0.15) is 18.0 Å². The van der Waals surface area contributed by atoms with Crippen LogP contribution in [0.2, 0.25) is 0 Å². The third-order valence-electron chi connectivity index (χ3n) is 2.87. The Balaban J connectivity index is 2.56. The van der Waals surface area contributed by atoms with Gasteiger partial charge >= 0.3 is 0 Å². The summed E-state index contributed by atoms with van der Waals surface area (Å²) < 4.78 is 0. The van der Waals surface area contributed by atoms with E-state index in [0.29, 0.717) is 6.54 Å². The first-order valence-corrected chi connectivity index (χ1v) is 6.98. The number of nitrogens with two attached hydrogens (primary N) is 1. The van der Waals surface area contributed by atoms with Crippen molar-refractivity contribution in [3.8, 4) is 0 Å². The van der Waals surface area contributed by atoms with Crippen LogP contribution in [0.25, 0.3) is 0 Å². The second-order valence-corrected chi connectivity index (χ2v) is 5.73. The zero-order valence-electron chi connectivity index (χ0n) is 12.6. The van der Waals surface area contributed by atoms with E-state index in [1.807, 2.05) is 19.9 Å². The zero-order chi connectivity index (χ0) is 14.3. The lowest BCUT2D eigenvalue weighted by Crippen LogP contribution is -2.39. The summed E-state index contributed by atoms with van der Waals surface area (Å²) in [6, 6.07) is 1.97. The van der Waals surface area contributed by atoms with E-state index in [1.54, 1.807) is 6.33 Å². The van der Waals surface area contributed by atoms with Crippen LogP contribution in [0.15, 0.2) is 12.4 Å². The Hall–Kier alpha value is -1.36. The Morgan fingerprint density at radius 3 is 2.68 bits per heavy atom. The quantitative estimate of drug-likeness (QED) is 0.706. The lowest BCUT2D eigenvalue weighted by molar-refractivity contribution is 0.548. The van der Waals surface area contributed by atoms with Gasteiger partial charge in [0, 0.05) is 31.7 Å². The minimum atomic E-state index is -0.252. The standard InChI is InChI=1S/C14H27N5/c1-5-6-7-8-19(4)13-9-12(17-11-18-13)16-10-14(2,3)15/h9,11H,5-8,10,15H2,1-4H3,(H,16,17,18). The highest BCUT2D eigenvalue weighted by molar-refractivity contribution is 5.48. The fourth-order valence-corrected chi connectivity index (χ4v) is 1.68. The van der Waals surface area contributed by atoms with Gasteiger partial charge in [-0.2, -0.15) is 0 Å². The molecule has 3 N–H and O–H groups in total. The molecule has 1 aromatic rings. The van der Waals surface area contributed by atoms with E-state index in [9.17, 15) is 0 Å². The van der Waals surface area contributed by atoms with Gasteiger partial charge < -0.3 is 16.0 Å². The third kappa shape index (κ3) is 6.38. The molecule has 0 saturated heterocycles. The van der Waals surface area contributed by atoms with Crippen LogP contribution in [0, 0.1) is 0 Å². The van der Waals surface area contributed by atoms with Gasteiger partial charge in [-0.15, -0.1) is 0 Å². The lowest BCUT2D eigenvalue weighted by Gasteiger charge is -2.21. The Bertz CT molecular complexity index is 372. The minimum absolute atomic E-state index is 0.252. The molecule has 0 aliphatic rings. The zero-order valence-corrected chi connectivity index (χ0v) is 12.6. The summed E-state index contributed by atoms with van der Waals surface area (Å²) in [5.74, 6) is 1.77. The number of hydrogen-bond acceptors (Lipinski definition) is 5. The van der Waals surface area contributed by atoms with Crippen molar-refractivity contribution >= 4 is 11.6 Å². The summed E-state index contributed by atoms with van der Waals surface area (Å²) >= 11 is 0. The number of unbranched alkanes of at least 4 members (excludes halogenated alkanes) is 2. The van der Waals surface area contributed by atoms with E-state index in [1.165, 1.54) is 19.3 Å². The van der Waals surface area contributed by atoms with Gasteiger partial charge in [-0.3, -0.25) is 0 Å². The second kappa shape index (κ2) is 7.28. The predicted octanol–water partition coefficient (Wildman–Crippen LogP) is 2.25. The number of nitrogens with zero attached hydrogens (tertiary/aromatic N) is 3. The number of hydrogen-bond donors (Lipinski definition) is 2. The highest BCUT2D eigenvalue weighted by Gasteiger charge is 2.11. The summed E-state index contributed by atoms with van der Waals surface area (Å²) in [7, 11) is 2.06. The van der Waals surface area contributed by atoms with Crippen molar-refractivity contribution in [3.63, 3.8) is 0 Å². The van der Waals surface area contributed by atoms with Gasteiger partial charge in [0.2, 0.25) is 0 Å². The topological polar surface area (TPSA) is 67.1 Å². The first-order valence-electron chi connectivity index (χ1n) is 6.98. The molecule has 1 aromatic heterocycles. The van der Waals surface area contributed by atoms with Crippen LogP contribution in [0.5, 0.6) is 0 Å². The fourth-order valence-electron chi connectivity index (χ4n) is 1.68. The Kier molecular flexibility index (Phi) is 6.02. The normalized spacial score (nSPS) is 11.4. The summed E-state index contributed by atoms with van der Waals surface area (Å²) in [5, 5.41) is 3.24. The molecular formula is C14H27N5. The van der Waals surface area contributed by atoms with Crippen LogP contribution < -0.4 is 16.0 Å². The van der Waals surface area contributed by atoms with Crippen LogP contribution in [0.3, 0.4) is 0 Å². The van der Waals surface area contributed by atoms with Gasteiger partial charge in [-0.05, 0) is 20.3 Å². The number of anilines is 2. The predicted molar refractivity (Wildman–Crippen MR) is 81.6 cm³/mol. The molecule has 0 aliphatic heterocycles. The van der Waals surface area contributed by atoms with E-state index >= 15 is 0 Å². The molecule has 0 radical (unpaired) electrons. The van der Waals surface area contributed by atoms with Gasteiger partial charge in [-0.1, -0.05) is 19.8 Å². The van der Waals surface area contributed by atoms with Crippen LogP contribution in [0.4, 0.5) is 11.6 Å². The molecular weight excluding hydrogens is 238 g/mol. The third-order valence-corrected chi connectivity index (χ3v) is 2.87. The maximum Gasteiger partial charge on any atom is 0.133 e. The Labute approximate surface area is 116 Å². The Morgan fingerprint density at radius 1 is 1.32 bits per heavy atom. The molecule has 1 rings (SSSR count). The van der Waals surface area contributed by atoms with E-state index in [0.717, 1.165) is 18.2 Å². The van der Waals surface area contributed by atoms with Crippen LogP contribution in [-0.2, 0) is 0 Å². The van der Waals surface area contributed by atoms with E-state index in [-0.39, 0.29) is 5.54 Å². The average molecular weight is 265 g/mol. The van der Waals surface area contributed by atoms with Crippen molar-refractivity contribution in [3.05, 3.63) is 12.4 Å². The molecule has 0 spiro atoms. The molecule has 0 atom stereocenters. The first-order chi connectivity index (χ1) is 8.92. The van der Waals surface area contributed by atoms with Crippen molar-refractivity contribution < 1.29 is 0 Å². The molecule has 5 heteroatoms. The molecule has 1 heterocycles. The van der Waals surface area contributed by atoms with Crippen LogP contribution >= 0.6 is 0 Å². The van der Waals surface area contributed by atoms with Crippen LogP contribution in [-0.4, -0.2) is 35.6 Å². The van der Waals surface area contributed by atoms with E-state index < -0.39 is 0 Å². The number of rotatable bonds is 8. The summed E-state index contributed by atoms with van der Waals surface area (Å²) in [6.07, 6.45) is 5.27. The SMILES string of the molecule is CCCCCN(C)c1cc(NCC(C)(C)N)ncn1. The van der Waals surface area contributed by atoms with Crippen molar-refractivity contribution in [1.29, 1.82) is 0 Å². The maximum atomic E-state index is 5.95. The van der Waals surface area contributed by atoms with Gasteiger partial charge in [0.25, 0.3) is 0 Å². The molecule has 108 valence electrons. The van der Waals surface area contributed by atoms with Gasteiger partial charge in [0.05, 0.1) is 0 Å². The molecule has 0 aliphatic carbocycles. The van der Waals surface area contributed by atoms with Crippen LogP contribution in [0.1, 0.15) is 40.0 Å². The molecule has 0 amide bonds. The molecule has 5 nitrogen and oxygen atoms in total. The molecule has 0 fully saturated rings. The molecule has 0 saturated carbocycles. The highest BCUT2D eigenvalue weighted by atomic mass is 15.2. The molecule has 0 aromatic carbocycles. The number of aromatic nitrogens is 2. The highest BCUT2D eigenvalue weighted by Crippen LogP contribution is 2.14. The van der Waals surface area contributed by atoms with E-state index in [4.69, 9.17) is 5.73 Å². The van der Waals surface area contributed by atoms with Crippen molar-refractivity contribution in [2.45, 2.75) is 45.6 Å². The molecule has 0 bridgehead atoms. The molecule has 0 unspecified atom stereocenters. The van der Waals surface area contributed by atoms with Crippen molar-refractivity contribution in [2.75, 3.05) is 30.4 Å². The monoisotopic (exact) mass is 265 g/mol. The smallest absolute Gasteiger partial charge is 0.133 e. The second-order valence-electron chi connectivity index (χ2n) is 5.73. The first kappa shape index (κ1) is 15.7. The van der Waals surface area contributed by atoms with Gasteiger partial charge in [0.15, 0.2) is 0 Å². The minimum Gasteiger partial charge on any atom is -0.368 e.